The van der Waals surface area contributed by atoms with Crippen molar-refractivity contribution in [3.8, 4) is 17.6 Å². The standard InChI is InChI=1S/C28H21BrINO2/c1-2-32-27-15-20(14-26(30)28(27)33-18-19-7-11-25(29)12-8-19)13-24(17-31)23-10-9-21-5-3-4-6-22(21)16-23/h3-16H,2,18H2,1H3/b24-13-. The van der Waals surface area contributed by atoms with Crippen molar-refractivity contribution in [1.29, 1.82) is 5.26 Å². The summed E-state index contributed by atoms with van der Waals surface area (Å²) in [5, 5.41) is 12.1. The number of nitriles is 1. The van der Waals surface area contributed by atoms with Crippen LogP contribution in [0.3, 0.4) is 0 Å². The fourth-order valence-corrected chi connectivity index (χ4v) is 4.56. The van der Waals surface area contributed by atoms with Crippen LogP contribution in [0.25, 0.3) is 22.4 Å². The number of ether oxygens (including phenoxy) is 2. The van der Waals surface area contributed by atoms with Gasteiger partial charge in [-0.2, -0.15) is 5.26 Å². The molecule has 0 spiro atoms. The summed E-state index contributed by atoms with van der Waals surface area (Å²) in [6.45, 7) is 2.91. The summed E-state index contributed by atoms with van der Waals surface area (Å²) in [7, 11) is 0. The van der Waals surface area contributed by atoms with E-state index in [1.54, 1.807) is 0 Å². The zero-order chi connectivity index (χ0) is 23.2. The van der Waals surface area contributed by atoms with Gasteiger partial charge in [-0.1, -0.05) is 64.5 Å². The number of hydrogen-bond donors (Lipinski definition) is 0. The van der Waals surface area contributed by atoms with Gasteiger partial charge in [0.25, 0.3) is 0 Å². The third-order valence-corrected chi connectivity index (χ3v) is 6.45. The Labute approximate surface area is 215 Å². The molecule has 0 aliphatic carbocycles. The Kier molecular flexibility index (Phi) is 7.69. The third kappa shape index (κ3) is 5.76. The average molecular weight is 610 g/mol. The predicted molar refractivity (Wildman–Crippen MR) is 146 cm³/mol. The summed E-state index contributed by atoms with van der Waals surface area (Å²) < 4.78 is 14.0. The molecule has 5 heteroatoms. The van der Waals surface area contributed by atoms with E-state index in [0.29, 0.717) is 30.3 Å². The molecule has 4 rings (SSSR count). The summed E-state index contributed by atoms with van der Waals surface area (Å²) in [4.78, 5) is 0. The Morgan fingerprint density at radius 3 is 2.45 bits per heavy atom. The van der Waals surface area contributed by atoms with Crippen LogP contribution in [-0.4, -0.2) is 6.61 Å². The quantitative estimate of drug-likeness (QED) is 0.120. The molecule has 0 bridgehead atoms. The molecule has 164 valence electrons. The highest BCUT2D eigenvalue weighted by Gasteiger charge is 2.13. The van der Waals surface area contributed by atoms with E-state index in [1.165, 1.54) is 0 Å². The summed E-state index contributed by atoms with van der Waals surface area (Å²) in [6.07, 6.45) is 1.90. The summed E-state index contributed by atoms with van der Waals surface area (Å²) in [6, 6.07) is 28.6. The van der Waals surface area contributed by atoms with E-state index in [9.17, 15) is 5.26 Å². The lowest BCUT2D eigenvalue weighted by molar-refractivity contribution is 0.267. The van der Waals surface area contributed by atoms with Crippen LogP contribution < -0.4 is 9.47 Å². The maximum atomic E-state index is 9.86. The number of allylic oxidation sites excluding steroid dienone is 1. The van der Waals surface area contributed by atoms with E-state index < -0.39 is 0 Å². The van der Waals surface area contributed by atoms with Crippen molar-refractivity contribution in [3.63, 3.8) is 0 Å². The van der Waals surface area contributed by atoms with Crippen molar-refractivity contribution in [2.45, 2.75) is 13.5 Å². The molecule has 33 heavy (non-hydrogen) atoms. The lowest BCUT2D eigenvalue weighted by Gasteiger charge is -2.15. The average Bonchev–Trinajstić information content (AvgIpc) is 2.83. The largest absolute Gasteiger partial charge is 0.490 e. The Hall–Kier alpha value is -2.82. The topological polar surface area (TPSA) is 42.2 Å². The molecule has 0 heterocycles. The molecule has 0 aromatic heterocycles. The van der Waals surface area contributed by atoms with Gasteiger partial charge in [0.2, 0.25) is 0 Å². The SMILES string of the molecule is CCOc1cc(/C=C(/C#N)c2ccc3ccccc3c2)cc(I)c1OCc1ccc(Br)cc1. The summed E-state index contributed by atoms with van der Waals surface area (Å²) >= 11 is 5.72. The molecule has 0 unspecified atom stereocenters. The number of nitrogens with zero attached hydrogens (tertiary/aromatic N) is 1. The Morgan fingerprint density at radius 1 is 0.970 bits per heavy atom. The van der Waals surface area contributed by atoms with Crippen LogP contribution in [0.2, 0.25) is 0 Å². The fourth-order valence-electron chi connectivity index (χ4n) is 3.51. The van der Waals surface area contributed by atoms with Crippen LogP contribution in [0.5, 0.6) is 11.5 Å². The van der Waals surface area contributed by atoms with E-state index in [2.05, 4.69) is 62.8 Å². The van der Waals surface area contributed by atoms with Gasteiger partial charge in [0.1, 0.15) is 6.61 Å². The maximum Gasteiger partial charge on any atom is 0.175 e. The van der Waals surface area contributed by atoms with Gasteiger partial charge >= 0.3 is 0 Å². The number of hydrogen-bond acceptors (Lipinski definition) is 3. The second-order valence-corrected chi connectivity index (χ2v) is 9.49. The first-order valence-corrected chi connectivity index (χ1v) is 12.4. The van der Waals surface area contributed by atoms with Crippen LogP contribution >= 0.6 is 38.5 Å². The van der Waals surface area contributed by atoms with Crippen LogP contribution in [0.1, 0.15) is 23.6 Å². The Bertz CT molecular complexity index is 1360. The second-order valence-electron chi connectivity index (χ2n) is 7.41. The highest BCUT2D eigenvalue weighted by Crippen LogP contribution is 2.36. The fraction of sp³-hybridized carbons (Fsp3) is 0.107. The van der Waals surface area contributed by atoms with Gasteiger partial charge in [0.15, 0.2) is 11.5 Å². The molecule has 0 radical (unpaired) electrons. The van der Waals surface area contributed by atoms with Crippen molar-refractivity contribution in [2.24, 2.45) is 0 Å². The van der Waals surface area contributed by atoms with Crippen LogP contribution in [-0.2, 0) is 6.61 Å². The molecule has 0 N–H and O–H groups in total. The molecule has 0 fully saturated rings. The number of rotatable bonds is 7. The van der Waals surface area contributed by atoms with E-state index in [-0.39, 0.29) is 0 Å². The molecule has 0 saturated heterocycles. The lowest BCUT2D eigenvalue weighted by atomic mass is 10.00. The van der Waals surface area contributed by atoms with Gasteiger partial charge in [0.05, 0.1) is 21.8 Å². The van der Waals surface area contributed by atoms with Crippen molar-refractivity contribution in [3.05, 3.63) is 104 Å². The highest BCUT2D eigenvalue weighted by atomic mass is 127. The summed E-state index contributed by atoms with van der Waals surface area (Å²) in [5.41, 5.74) is 3.45. The first-order valence-electron chi connectivity index (χ1n) is 10.5. The second kappa shape index (κ2) is 10.9. The van der Waals surface area contributed by atoms with E-state index in [1.807, 2.05) is 73.7 Å². The molecule has 0 aliphatic heterocycles. The molecule has 4 aromatic rings. The Morgan fingerprint density at radius 2 is 1.73 bits per heavy atom. The molecule has 4 aromatic carbocycles. The molecule has 0 aliphatic rings. The number of benzene rings is 4. The van der Waals surface area contributed by atoms with Crippen LogP contribution in [0.15, 0.2) is 83.3 Å². The van der Waals surface area contributed by atoms with E-state index in [0.717, 1.165) is 35.5 Å². The van der Waals surface area contributed by atoms with Gasteiger partial charge in [0, 0.05) is 4.47 Å². The van der Waals surface area contributed by atoms with E-state index in [4.69, 9.17) is 9.47 Å². The van der Waals surface area contributed by atoms with Crippen molar-refractivity contribution < 1.29 is 9.47 Å². The van der Waals surface area contributed by atoms with Crippen LogP contribution in [0, 0.1) is 14.9 Å². The zero-order valence-corrected chi connectivity index (χ0v) is 21.8. The third-order valence-electron chi connectivity index (χ3n) is 5.12. The van der Waals surface area contributed by atoms with Gasteiger partial charge < -0.3 is 9.47 Å². The monoisotopic (exact) mass is 609 g/mol. The minimum Gasteiger partial charge on any atom is -0.490 e. The van der Waals surface area contributed by atoms with Gasteiger partial charge in [-0.15, -0.1) is 0 Å². The van der Waals surface area contributed by atoms with Gasteiger partial charge in [-0.25, -0.2) is 0 Å². The zero-order valence-electron chi connectivity index (χ0n) is 18.0. The van der Waals surface area contributed by atoms with Crippen molar-refractivity contribution in [1.82, 2.24) is 0 Å². The van der Waals surface area contributed by atoms with Gasteiger partial charge in [-0.05, 0) is 93.4 Å². The van der Waals surface area contributed by atoms with E-state index >= 15 is 0 Å². The first kappa shape index (κ1) is 23.3. The molecule has 0 saturated carbocycles. The number of halogens is 2. The maximum absolute atomic E-state index is 9.86. The van der Waals surface area contributed by atoms with Crippen molar-refractivity contribution >= 4 is 60.9 Å². The summed E-state index contributed by atoms with van der Waals surface area (Å²) in [5.74, 6) is 1.38. The number of fused-ring (bicyclic) bond motifs is 1. The minimum absolute atomic E-state index is 0.444. The molecule has 0 amide bonds. The van der Waals surface area contributed by atoms with Gasteiger partial charge in [-0.3, -0.25) is 0 Å². The normalized spacial score (nSPS) is 11.3. The molecule has 0 atom stereocenters. The first-order chi connectivity index (χ1) is 16.1. The lowest BCUT2D eigenvalue weighted by Crippen LogP contribution is -2.02. The molecule has 3 nitrogen and oxygen atoms in total. The predicted octanol–water partition coefficient (Wildman–Crippen LogP) is 8.25. The Balaban J connectivity index is 1.65. The molecular weight excluding hydrogens is 589 g/mol. The smallest absolute Gasteiger partial charge is 0.175 e. The van der Waals surface area contributed by atoms with Crippen LogP contribution in [0.4, 0.5) is 0 Å². The van der Waals surface area contributed by atoms with Crippen molar-refractivity contribution in [2.75, 3.05) is 6.61 Å². The minimum atomic E-state index is 0.444. The molecular formula is C28H21BrINO2. The highest BCUT2D eigenvalue weighted by molar-refractivity contribution is 14.1.